The number of nitrogens with zero attached hydrogens (tertiary/aromatic N) is 2. The van der Waals surface area contributed by atoms with Crippen LogP contribution >= 0.6 is 0 Å². The molecule has 0 unspecified atom stereocenters. The number of phenols is 1. The number of fused-ring (bicyclic) bond motifs is 1. The average Bonchev–Trinajstić information content (AvgIpc) is 3.12. The minimum absolute atomic E-state index is 0.0656. The van der Waals surface area contributed by atoms with Crippen LogP contribution in [-0.2, 0) is 11.2 Å². The third kappa shape index (κ3) is 4.12. The van der Waals surface area contributed by atoms with E-state index in [1.54, 1.807) is 6.07 Å². The van der Waals surface area contributed by atoms with Gasteiger partial charge in [0.25, 0.3) is 0 Å². The second-order valence-corrected chi connectivity index (χ2v) is 7.21. The molecule has 6 heteroatoms. The molecule has 0 aliphatic carbocycles. The Hall–Kier alpha value is -2.99. The molecule has 146 valence electrons. The lowest BCUT2D eigenvalue weighted by molar-refractivity contribution is -0.122. The van der Waals surface area contributed by atoms with Crippen molar-refractivity contribution in [3.8, 4) is 5.75 Å². The van der Waals surface area contributed by atoms with E-state index in [-0.39, 0.29) is 5.91 Å². The lowest BCUT2D eigenvalue weighted by Crippen LogP contribution is -2.49. The molecule has 0 spiro atoms. The quantitative estimate of drug-likeness (QED) is 0.616. The number of amides is 1. The number of carbonyl (C=O) groups is 1. The maximum Gasteiger partial charge on any atom is 0.234 e. The first-order valence-electron chi connectivity index (χ1n) is 9.78. The maximum absolute atomic E-state index is 12.3. The molecule has 0 bridgehead atoms. The van der Waals surface area contributed by atoms with Gasteiger partial charge in [0.2, 0.25) is 5.91 Å². The summed E-state index contributed by atoms with van der Waals surface area (Å²) in [5.41, 5.74) is 3.23. The van der Waals surface area contributed by atoms with Crippen molar-refractivity contribution in [3.63, 3.8) is 0 Å². The summed E-state index contributed by atoms with van der Waals surface area (Å²) in [4.78, 5) is 19.9. The minimum Gasteiger partial charge on any atom is -0.506 e. The van der Waals surface area contributed by atoms with Crippen LogP contribution in [0.25, 0.3) is 10.9 Å². The van der Waals surface area contributed by atoms with E-state index in [0.29, 0.717) is 18.8 Å². The number of piperazine rings is 1. The van der Waals surface area contributed by atoms with Crippen LogP contribution in [0.15, 0.2) is 54.7 Å². The number of phenolic OH excluding ortho intramolecular Hbond substituents is 1. The van der Waals surface area contributed by atoms with Gasteiger partial charge in [0.1, 0.15) is 5.75 Å². The molecular formula is C22H26N4O2. The van der Waals surface area contributed by atoms with Crippen LogP contribution in [0.4, 0.5) is 5.69 Å². The largest absolute Gasteiger partial charge is 0.506 e. The molecule has 2 aromatic carbocycles. The van der Waals surface area contributed by atoms with E-state index in [4.69, 9.17) is 0 Å². The summed E-state index contributed by atoms with van der Waals surface area (Å²) in [5, 5.41) is 14.3. The summed E-state index contributed by atoms with van der Waals surface area (Å²) in [6, 6.07) is 15.6. The monoisotopic (exact) mass is 378 g/mol. The highest BCUT2D eigenvalue weighted by molar-refractivity contribution is 5.83. The summed E-state index contributed by atoms with van der Waals surface area (Å²) in [7, 11) is 0. The van der Waals surface area contributed by atoms with Crippen molar-refractivity contribution < 1.29 is 9.90 Å². The van der Waals surface area contributed by atoms with Crippen LogP contribution in [0.3, 0.4) is 0 Å². The highest BCUT2D eigenvalue weighted by Crippen LogP contribution is 2.27. The van der Waals surface area contributed by atoms with Gasteiger partial charge in [-0.1, -0.05) is 30.3 Å². The molecule has 1 aliphatic heterocycles. The number of aromatic nitrogens is 1. The topological polar surface area (TPSA) is 71.6 Å². The van der Waals surface area contributed by atoms with E-state index in [9.17, 15) is 9.90 Å². The number of aromatic hydroxyl groups is 1. The van der Waals surface area contributed by atoms with Crippen LogP contribution in [0.1, 0.15) is 5.56 Å². The Bertz CT molecular complexity index is 944. The molecule has 2 heterocycles. The first-order valence-corrected chi connectivity index (χ1v) is 9.78. The third-order valence-electron chi connectivity index (χ3n) is 5.35. The predicted octanol–water partition coefficient (Wildman–Crippen LogP) is 2.35. The molecule has 1 fully saturated rings. The number of carbonyl (C=O) groups excluding carboxylic acids is 1. The van der Waals surface area contributed by atoms with Gasteiger partial charge in [-0.3, -0.25) is 9.69 Å². The Labute approximate surface area is 164 Å². The van der Waals surface area contributed by atoms with Crippen molar-refractivity contribution in [3.05, 3.63) is 60.3 Å². The van der Waals surface area contributed by atoms with Crippen molar-refractivity contribution in [1.82, 2.24) is 15.2 Å². The molecule has 0 radical (unpaired) electrons. The molecular weight excluding hydrogens is 352 g/mol. The number of nitrogens with one attached hydrogen (secondary N) is 2. The molecule has 3 aromatic rings. The molecule has 1 aromatic heterocycles. The number of hydrogen-bond donors (Lipinski definition) is 3. The van der Waals surface area contributed by atoms with E-state index in [1.807, 2.05) is 36.5 Å². The summed E-state index contributed by atoms with van der Waals surface area (Å²) < 4.78 is 0. The number of hydrogen-bond acceptors (Lipinski definition) is 4. The van der Waals surface area contributed by atoms with E-state index in [2.05, 4.69) is 32.2 Å². The number of rotatable bonds is 6. The number of para-hydroxylation sites is 3. The lowest BCUT2D eigenvalue weighted by Gasteiger charge is -2.35. The van der Waals surface area contributed by atoms with Gasteiger partial charge in [-0.25, -0.2) is 0 Å². The fourth-order valence-electron chi connectivity index (χ4n) is 3.81. The van der Waals surface area contributed by atoms with Crippen LogP contribution in [0.5, 0.6) is 5.75 Å². The van der Waals surface area contributed by atoms with Gasteiger partial charge in [-0.05, 0) is 30.2 Å². The maximum atomic E-state index is 12.3. The van der Waals surface area contributed by atoms with Crippen LogP contribution in [0, 0.1) is 0 Å². The minimum atomic E-state index is 0.0656. The standard InChI is InChI=1S/C22H26N4O2/c27-21-8-4-3-7-20(21)26-13-11-25(12-14-26)16-22(28)23-10-9-17-15-24-19-6-2-1-5-18(17)19/h1-8,15,24,27H,9-14,16H2,(H,23,28). The third-order valence-corrected chi connectivity index (χ3v) is 5.35. The summed E-state index contributed by atoms with van der Waals surface area (Å²) in [6.07, 6.45) is 2.84. The Balaban J connectivity index is 1.21. The molecule has 3 N–H and O–H groups in total. The zero-order chi connectivity index (χ0) is 19.3. The smallest absolute Gasteiger partial charge is 0.234 e. The fraction of sp³-hybridized carbons (Fsp3) is 0.318. The van der Waals surface area contributed by atoms with Gasteiger partial charge in [0, 0.05) is 49.8 Å². The van der Waals surface area contributed by atoms with E-state index in [1.165, 1.54) is 10.9 Å². The molecule has 6 nitrogen and oxygen atoms in total. The van der Waals surface area contributed by atoms with E-state index < -0.39 is 0 Å². The normalized spacial score (nSPS) is 15.1. The Morgan fingerprint density at radius 1 is 1.04 bits per heavy atom. The lowest BCUT2D eigenvalue weighted by atomic mass is 10.1. The van der Waals surface area contributed by atoms with Crippen molar-refractivity contribution in [1.29, 1.82) is 0 Å². The second-order valence-electron chi connectivity index (χ2n) is 7.21. The Kier molecular flexibility index (Phi) is 5.48. The zero-order valence-corrected chi connectivity index (χ0v) is 15.9. The summed E-state index contributed by atoms with van der Waals surface area (Å²) >= 11 is 0. The van der Waals surface area contributed by atoms with Gasteiger partial charge < -0.3 is 20.3 Å². The van der Waals surface area contributed by atoms with Crippen molar-refractivity contribution in [2.45, 2.75) is 6.42 Å². The van der Waals surface area contributed by atoms with Crippen LogP contribution in [0.2, 0.25) is 0 Å². The predicted molar refractivity (Wildman–Crippen MR) is 112 cm³/mol. The highest BCUT2D eigenvalue weighted by Gasteiger charge is 2.20. The van der Waals surface area contributed by atoms with Crippen molar-refractivity contribution in [2.24, 2.45) is 0 Å². The number of anilines is 1. The first-order chi connectivity index (χ1) is 13.7. The van der Waals surface area contributed by atoms with Crippen LogP contribution < -0.4 is 10.2 Å². The molecule has 1 amide bonds. The molecule has 4 rings (SSSR count). The van der Waals surface area contributed by atoms with Gasteiger partial charge in [0.15, 0.2) is 0 Å². The van der Waals surface area contributed by atoms with Crippen molar-refractivity contribution in [2.75, 3.05) is 44.2 Å². The number of benzene rings is 2. The van der Waals surface area contributed by atoms with Gasteiger partial charge in [0.05, 0.1) is 12.2 Å². The summed E-state index contributed by atoms with van der Waals surface area (Å²) in [5.74, 6) is 0.377. The van der Waals surface area contributed by atoms with Crippen molar-refractivity contribution >= 4 is 22.5 Å². The zero-order valence-electron chi connectivity index (χ0n) is 15.9. The molecule has 1 aliphatic rings. The van der Waals surface area contributed by atoms with Gasteiger partial charge >= 0.3 is 0 Å². The Morgan fingerprint density at radius 2 is 1.79 bits per heavy atom. The highest BCUT2D eigenvalue weighted by atomic mass is 16.3. The Morgan fingerprint density at radius 3 is 2.61 bits per heavy atom. The van der Waals surface area contributed by atoms with Gasteiger partial charge in [-0.2, -0.15) is 0 Å². The van der Waals surface area contributed by atoms with Crippen LogP contribution in [-0.4, -0.2) is 60.2 Å². The average molecular weight is 378 g/mol. The first kappa shape index (κ1) is 18.4. The SMILES string of the molecule is O=C(CN1CCN(c2ccccc2O)CC1)NCCc1c[nH]c2ccccc12. The number of aromatic amines is 1. The summed E-state index contributed by atoms with van der Waals surface area (Å²) in [6.45, 7) is 4.29. The fourth-order valence-corrected chi connectivity index (χ4v) is 3.81. The molecule has 0 saturated carbocycles. The molecule has 0 atom stereocenters. The molecule has 28 heavy (non-hydrogen) atoms. The number of H-pyrrole nitrogens is 1. The van der Waals surface area contributed by atoms with Gasteiger partial charge in [-0.15, -0.1) is 0 Å². The van der Waals surface area contributed by atoms with E-state index in [0.717, 1.165) is 43.8 Å². The molecule has 1 saturated heterocycles. The van der Waals surface area contributed by atoms with E-state index >= 15 is 0 Å². The second kappa shape index (κ2) is 8.35.